The molecule has 2 heterocycles. The summed E-state index contributed by atoms with van der Waals surface area (Å²) in [4.78, 5) is 12.9. The fourth-order valence-electron chi connectivity index (χ4n) is 3.38. The summed E-state index contributed by atoms with van der Waals surface area (Å²) < 4.78 is 29.7. The van der Waals surface area contributed by atoms with Crippen LogP contribution in [0.4, 0.5) is 0 Å². The van der Waals surface area contributed by atoms with Crippen molar-refractivity contribution < 1.29 is 8.42 Å². The van der Waals surface area contributed by atoms with E-state index in [-0.39, 0.29) is 0 Å². The number of hydrogen-bond donors (Lipinski definition) is 1. The van der Waals surface area contributed by atoms with Gasteiger partial charge in [0.15, 0.2) is 5.96 Å². The molecule has 1 saturated heterocycles. The minimum absolute atomic E-state index is 0.341. The molecule has 10 nitrogen and oxygen atoms in total. The van der Waals surface area contributed by atoms with Crippen LogP contribution in [0.1, 0.15) is 11.4 Å². The Morgan fingerprint density at radius 2 is 1.90 bits per heavy atom. The Kier molecular flexibility index (Phi) is 7.06. The van der Waals surface area contributed by atoms with Gasteiger partial charge in [-0.15, -0.1) is 0 Å². The van der Waals surface area contributed by atoms with Gasteiger partial charge in [-0.25, -0.2) is 13.4 Å². The zero-order valence-electron chi connectivity index (χ0n) is 18.0. The number of nitrogens with zero attached hydrogens (tertiary/aromatic N) is 7. The van der Waals surface area contributed by atoms with E-state index >= 15 is 0 Å². The number of hydrogen-bond acceptors (Lipinski definition) is 6. The average molecular weight is 435 g/mol. The standard InChI is InChI=1S/C19H30N8O2S/c1-20-19(25(3)14-18-22-15-23-26(18)4)21-13-16-7-5-6-8-17(16)30(28,29)27-11-9-24(2)10-12-27/h5-8,15H,9-14H2,1-4H3,(H,20,21). The van der Waals surface area contributed by atoms with Gasteiger partial charge in [0.2, 0.25) is 10.0 Å². The van der Waals surface area contributed by atoms with Gasteiger partial charge in [0.05, 0.1) is 11.4 Å². The van der Waals surface area contributed by atoms with Crippen molar-refractivity contribution in [1.29, 1.82) is 0 Å². The zero-order chi connectivity index (χ0) is 21.7. The highest BCUT2D eigenvalue weighted by atomic mass is 32.2. The first-order valence-corrected chi connectivity index (χ1v) is 11.3. The molecule has 1 aromatic carbocycles. The molecular weight excluding hydrogens is 404 g/mol. The molecule has 3 rings (SSSR count). The Morgan fingerprint density at radius 3 is 2.53 bits per heavy atom. The summed E-state index contributed by atoms with van der Waals surface area (Å²) in [7, 11) is 3.89. The van der Waals surface area contributed by atoms with E-state index in [2.05, 4.69) is 25.3 Å². The highest BCUT2D eigenvalue weighted by Gasteiger charge is 2.29. The van der Waals surface area contributed by atoms with Gasteiger partial charge in [-0.1, -0.05) is 18.2 Å². The fourth-order valence-corrected chi connectivity index (χ4v) is 5.02. The van der Waals surface area contributed by atoms with Crippen molar-refractivity contribution in [2.75, 3.05) is 47.3 Å². The van der Waals surface area contributed by atoms with Crippen LogP contribution in [0.3, 0.4) is 0 Å². The van der Waals surface area contributed by atoms with E-state index < -0.39 is 10.0 Å². The van der Waals surface area contributed by atoms with Crippen LogP contribution in [-0.2, 0) is 30.2 Å². The van der Waals surface area contributed by atoms with Crippen LogP contribution in [0.15, 0.2) is 40.5 Å². The lowest BCUT2D eigenvalue weighted by molar-refractivity contribution is 0.222. The molecule has 1 aliphatic heterocycles. The van der Waals surface area contributed by atoms with E-state index in [9.17, 15) is 8.42 Å². The van der Waals surface area contributed by atoms with Gasteiger partial charge in [0, 0.05) is 53.9 Å². The predicted molar refractivity (Wildman–Crippen MR) is 115 cm³/mol. The number of nitrogens with one attached hydrogen (secondary N) is 1. The van der Waals surface area contributed by atoms with Crippen molar-refractivity contribution in [2.45, 2.75) is 18.0 Å². The van der Waals surface area contributed by atoms with E-state index in [4.69, 9.17) is 0 Å². The fraction of sp³-hybridized carbons (Fsp3) is 0.526. The molecule has 11 heteroatoms. The molecule has 1 aromatic heterocycles. The van der Waals surface area contributed by atoms with Crippen LogP contribution < -0.4 is 5.32 Å². The van der Waals surface area contributed by atoms with Gasteiger partial charge < -0.3 is 15.1 Å². The minimum Gasteiger partial charge on any atom is -0.352 e. The maximum Gasteiger partial charge on any atom is 0.243 e. The third-order valence-electron chi connectivity index (χ3n) is 5.25. The molecule has 30 heavy (non-hydrogen) atoms. The molecule has 0 radical (unpaired) electrons. The number of sulfonamides is 1. The van der Waals surface area contributed by atoms with Gasteiger partial charge in [0.25, 0.3) is 0 Å². The molecule has 0 spiro atoms. The highest BCUT2D eigenvalue weighted by Crippen LogP contribution is 2.21. The Balaban J connectivity index is 1.72. The second kappa shape index (κ2) is 9.54. The molecule has 0 aliphatic carbocycles. The smallest absolute Gasteiger partial charge is 0.243 e. The maximum absolute atomic E-state index is 13.2. The van der Waals surface area contributed by atoms with Crippen molar-refractivity contribution in [2.24, 2.45) is 12.0 Å². The first-order chi connectivity index (χ1) is 14.3. The van der Waals surface area contributed by atoms with Crippen molar-refractivity contribution in [1.82, 2.24) is 34.2 Å². The van der Waals surface area contributed by atoms with Crippen LogP contribution in [0.25, 0.3) is 0 Å². The summed E-state index contributed by atoms with van der Waals surface area (Å²) in [5.74, 6) is 1.45. The predicted octanol–water partition coefficient (Wildman–Crippen LogP) is -0.0414. The minimum atomic E-state index is -3.55. The summed E-state index contributed by atoms with van der Waals surface area (Å²) in [5.41, 5.74) is 0.713. The van der Waals surface area contributed by atoms with Gasteiger partial charge >= 0.3 is 0 Å². The van der Waals surface area contributed by atoms with Crippen LogP contribution in [0.2, 0.25) is 0 Å². The number of likely N-dealkylation sites (N-methyl/N-ethyl adjacent to an activating group) is 1. The average Bonchev–Trinajstić information content (AvgIpc) is 3.13. The van der Waals surface area contributed by atoms with E-state index in [1.807, 2.05) is 38.2 Å². The number of aryl methyl sites for hydroxylation is 1. The third-order valence-corrected chi connectivity index (χ3v) is 7.25. The first-order valence-electron chi connectivity index (χ1n) is 9.84. The van der Waals surface area contributed by atoms with E-state index in [1.165, 1.54) is 6.33 Å². The number of aromatic nitrogens is 3. The Hall–Kier alpha value is -2.50. The number of benzene rings is 1. The molecule has 164 valence electrons. The molecule has 1 aliphatic rings. The third kappa shape index (κ3) is 4.97. The van der Waals surface area contributed by atoms with Crippen LogP contribution in [0, 0.1) is 0 Å². The van der Waals surface area contributed by atoms with Crippen LogP contribution >= 0.6 is 0 Å². The molecule has 0 bridgehead atoms. The van der Waals surface area contributed by atoms with Gasteiger partial charge in [-0.05, 0) is 18.7 Å². The molecule has 0 atom stereocenters. The van der Waals surface area contributed by atoms with Gasteiger partial charge in [-0.3, -0.25) is 9.67 Å². The summed E-state index contributed by atoms with van der Waals surface area (Å²) in [6, 6.07) is 7.14. The Bertz CT molecular complexity index is 980. The normalized spacial score (nSPS) is 16.6. The second-order valence-electron chi connectivity index (χ2n) is 7.37. The molecule has 0 amide bonds. The number of guanidine groups is 1. The quantitative estimate of drug-likeness (QED) is 0.503. The summed E-state index contributed by atoms with van der Waals surface area (Å²) >= 11 is 0. The lowest BCUT2D eigenvalue weighted by Crippen LogP contribution is -2.47. The van der Waals surface area contributed by atoms with E-state index in [0.717, 1.165) is 18.9 Å². The Morgan fingerprint density at radius 1 is 1.20 bits per heavy atom. The van der Waals surface area contributed by atoms with Crippen LogP contribution in [0.5, 0.6) is 0 Å². The van der Waals surface area contributed by atoms with Crippen molar-refractivity contribution >= 4 is 16.0 Å². The molecule has 1 N–H and O–H groups in total. The zero-order valence-corrected chi connectivity index (χ0v) is 18.8. The SMILES string of the molecule is CN=C(NCc1ccccc1S(=O)(=O)N1CCN(C)CC1)N(C)Cc1ncnn1C. The monoisotopic (exact) mass is 434 g/mol. The van der Waals surface area contributed by atoms with Gasteiger partial charge in [-0.2, -0.15) is 9.40 Å². The van der Waals surface area contributed by atoms with Crippen molar-refractivity contribution in [3.05, 3.63) is 42.0 Å². The molecular formula is C19H30N8O2S. The van der Waals surface area contributed by atoms with E-state index in [1.54, 1.807) is 28.2 Å². The van der Waals surface area contributed by atoms with Crippen LogP contribution in [-0.4, -0.2) is 90.6 Å². The number of rotatable bonds is 6. The second-order valence-corrected chi connectivity index (χ2v) is 9.28. The number of piperazine rings is 1. The number of aliphatic imine (C=N–C) groups is 1. The largest absolute Gasteiger partial charge is 0.352 e. The molecule has 0 unspecified atom stereocenters. The van der Waals surface area contributed by atoms with Gasteiger partial charge in [0.1, 0.15) is 12.2 Å². The molecule has 1 fully saturated rings. The van der Waals surface area contributed by atoms with E-state index in [0.29, 0.717) is 42.6 Å². The summed E-state index contributed by atoms with van der Waals surface area (Å²) in [6.07, 6.45) is 1.51. The summed E-state index contributed by atoms with van der Waals surface area (Å²) in [6.45, 7) is 3.35. The van der Waals surface area contributed by atoms with Crippen molar-refractivity contribution in [3.8, 4) is 0 Å². The lowest BCUT2D eigenvalue weighted by atomic mass is 10.2. The maximum atomic E-state index is 13.2. The van der Waals surface area contributed by atoms with Crippen molar-refractivity contribution in [3.63, 3.8) is 0 Å². The summed E-state index contributed by atoms with van der Waals surface area (Å²) in [5, 5.41) is 7.35. The topological polar surface area (TPSA) is 99.0 Å². The molecule has 0 saturated carbocycles. The highest BCUT2D eigenvalue weighted by molar-refractivity contribution is 7.89. The lowest BCUT2D eigenvalue weighted by Gasteiger charge is -2.32. The molecule has 2 aromatic rings. The Labute approximate surface area is 178 Å². The first kappa shape index (κ1) is 22.2.